The van der Waals surface area contributed by atoms with Crippen LogP contribution < -0.4 is 0 Å². The molecule has 0 radical (unpaired) electrons. The van der Waals surface area contributed by atoms with Crippen LogP contribution in [-0.2, 0) is 25.5 Å². The van der Waals surface area contributed by atoms with Gasteiger partial charge < -0.3 is 9.47 Å². The van der Waals surface area contributed by atoms with Crippen molar-refractivity contribution in [3.63, 3.8) is 0 Å². The molecule has 4 unspecified atom stereocenters. The molecular weight excluding hydrogens is 280 g/mol. The van der Waals surface area contributed by atoms with Crippen molar-refractivity contribution >= 4 is 11.9 Å². The molecule has 22 heavy (non-hydrogen) atoms. The largest absolute Gasteiger partial charge is 0.393 e. The minimum absolute atomic E-state index is 0.0859. The molecule has 0 aromatic heterocycles. The first kappa shape index (κ1) is 13.9. The van der Waals surface area contributed by atoms with E-state index in [2.05, 4.69) is 25.1 Å². The molecule has 2 aliphatic heterocycles. The normalized spacial score (nSPS) is 33.5. The van der Waals surface area contributed by atoms with Crippen LogP contribution in [0.1, 0.15) is 48.3 Å². The van der Waals surface area contributed by atoms with Crippen LogP contribution in [-0.4, -0.2) is 25.2 Å². The van der Waals surface area contributed by atoms with Crippen molar-refractivity contribution in [1.29, 1.82) is 0 Å². The standard InChI is InChI=1S/C18H20O4/c1-2-10-3-4-12-13(5-10)16-9-21-8-11(16)6-14(12)15-7-17(19)22-18(15)20/h3-5,11,14-16H,2,6-9H2,1H3. The van der Waals surface area contributed by atoms with Gasteiger partial charge in [-0.05, 0) is 41.4 Å². The molecule has 0 saturated carbocycles. The zero-order chi connectivity index (χ0) is 15.3. The van der Waals surface area contributed by atoms with Crippen molar-refractivity contribution in [3.8, 4) is 0 Å². The predicted octanol–water partition coefficient (Wildman–Crippen LogP) is 2.56. The molecule has 2 fully saturated rings. The molecule has 1 aromatic rings. The maximum Gasteiger partial charge on any atom is 0.317 e. The molecule has 1 aromatic carbocycles. The van der Waals surface area contributed by atoms with Crippen molar-refractivity contribution in [3.05, 3.63) is 34.9 Å². The van der Waals surface area contributed by atoms with Crippen molar-refractivity contribution in [2.24, 2.45) is 11.8 Å². The summed E-state index contributed by atoms with van der Waals surface area (Å²) in [6.07, 6.45) is 2.13. The average Bonchev–Trinajstić information content (AvgIpc) is 3.11. The second kappa shape index (κ2) is 5.20. The van der Waals surface area contributed by atoms with Crippen LogP contribution >= 0.6 is 0 Å². The van der Waals surface area contributed by atoms with Gasteiger partial charge in [0.1, 0.15) is 0 Å². The number of benzene rings is 1. The molecule has 2 heterocycles. The average molecular weight is 300 g/mol. The number of carbonyl (C=O) groups is 2. The second-order valence-electron chi connectivity index (χ2n) is 6.67. The van der Waals surface area contributed by atoms with E-state index in [9.17, 15) is 9.59 Å². The fourth-order valence-corrected chi connectivity index (χ4v) is 4.31. The minimum atomic E-state index is -0.383. The molecule has 0 bridgehead atoms. The summed E-state index contributed by atoms with van der Waals surface area (Å²) >= 11 is 0. The fraction of sp³-hybridized carbons (Fsp3) is 0.556. The number of carbonyl (C=O) groups excluding carboxylic acids is 2. The Morgan fingerprint density at radius 3 is 2.68 bits per heavy atom. The van der Waals surface area contributed by atoms with E-state index in [0.717, 1.165) is 26.1 Å². The van der Waals surface area contributed by atoms with Crippen LogP contribution in [0.5, 0.6) is 0 Å². The first-order chi connectivity index (χ1) is 10.7. The molecule has 1 aliphatic carbocycles. The summed E-state index contributed by atoms with van der Waals surface area (Å²) in [4.78, 5) is 23.5. The van der Waals surface area contributed by atoms with E-state index in [1.54, 1.807) is 0 Å². The minimum Gasteiger partial charge on any atom is -0.393 e. The molecule has 0 N–H and O–H groups in total. The van der Waals surface area contributed by atoms with E-state index in [1.807, 2.05) is 0 Å². The van der Waals surface area contributed by atoms with Crippen molar-refractivity contribution in [2.45, 2.75) is 38.0 Å². The molecule has 3 aliphatic rings. The van der Waals surface area contributed by atoms with Gasteiger partial charge in [-0.3, -0.25) is 9.59 Å². The highest BCUT2D eigenvalue weighted by Gasteiger charge is 2.46. The van der Waals surface area contributed by atoms with Gasteiger partial charge in [-0.1, -0.05) is 25.1 Å². The molecule has 4 heteroatoms. The lowest BCUT2D eigenvalue weighted by atomic mass is 9.67. The number of hydrogen-bond acceptors (Lipinski definition) is 4. The Hall–Kier alpha value is -1.68. The maximum atomic E-state index is 12.0. The molecule has 116 valence electrons. The van der Waals surface area contributed by atoms with Crippen LogP contribution in [0.25, 0.3) is 0 Å². The summed E-state index contributed by atoms with van der Waals surface area (Å²) in [5.74, 6) is -0.0773. The smallest absolute Gasteiger partial charge is 0.317 e. The molecule has 0 amide bonds. The Bertz CT molecular complexity index is 636. The van der Waals surface area contributed by atoms with Gasteiger partial charge in [-0.2, -0.15) is 0 Å². The van der Waals surface area contributed by atoms with Gasteiger partial charge in [0.15, 0.2) is 0 Å². The summed E-state index contributed by atoms with van der Waals surface area (Å²) in [5, 5.41) is 0. The third-order valence-corrected chi connectivity index (χ3v) is 5.50. The molecule has 4 atom stereocenters. The van der Waals surface area contributed by atoms with Gasteiger partial charge >= 0.3 is 11.9 Å². The third-order valence-electron chi connectivity index (χ3n) is 5.50. The topological polar surface area (TPSA) is 52.6 Å². The first-order valence-electron chi connectivity index (χ1n) is 8.12. The van der Waals surface area contributed by atoms with Gasteiger partial charge in [0.05, 0.1) is 25.6 Å². The summed E-state index contributed by atoms with van der Waals surface area (Å²) in [6.45, 7) is 3.68. The third kappa shape index (κ3) is 2.09. The Morgan fingerprint density at radius 2 is 1.95 bits per heavy atom. The zero-order valence-electron chi connectivity index (χ0n) is 12.7. The summed E-state index contributed by atoms with van der Waals surface area (Å²) in [5.41, 5.74) is 3.86. The molecule has 4 nitrogen and oxygen atoms in total. The van der Waals surface area contributed by atoms with Gasteiger partial charge in [0, 0.05) is 5.92 Å². The maximum absolute atomic E-state index is 12.0. The second-order valence-corrected chi connectivity index (χ2v) is 6.67. The summed E-state index contributed by atoms with van der Waals surface area (Å²) < 4.78 is 10.5. The van der Waals surface area contributed by atoms with Crippen molar-refractivity contribution in [1.82, 2.24) is 0 Å². The number of cyclic esters (lactones) is 2. The highest BCUT2D eigenvalue weighted by molar-refractivity contribution is 5.95. The first-order valence-corrected chi connectivity index (χ1v) is 8.12. The van der Waals surface area contributed by atoms with Crippen LogP contribution in [0.15, 0.2) is 18.2 Å². The van der Waals surface area contributed by atoms with Crippen molar-refractivity contribution < 1.29 is 19.1 Å². The van der Waals surface area contributed by atoms with Crippen LogP contribution in [0.2, 0.25) is 0 Å². The number of rotatable bonds is 2. The monoisotopic (exact) mass is 300 g/mol. The summed E-state index contributed by atoms with van der Waals surface area (Å²) in [6, 6.07) is 6.57. The van der Waals surface area contributed by atoms with Crippen LogP contribution in [0.3, 0.4) is 0 Å². The highest BCUT2D eigenvalue weighted by atomic mass is 16.6. The lowest BCUT2D eigenvalue weighted by Crippen LogP contribution is -2.29. The zero-order valence-corrected chi connectivity index (χ0v) is 12.7. The van der Waals surface area contributed by atoms with E-state index < -0.39 is 0 Å². The van der Waals surface area contributed by atoms with E-state index >= 15 is 0 Å². The van der Waals surface area contributed by atoms with Gasteiger partial charge in [-0.15, -0.1) is 0 Å². The Morgan fingerprint density at radius 1 is 1.09 bits per heavy atom. The van der Waals surface area contributed by atoms with Gasteiger partial charge in [-0.25, -0.2) is 0 Å². The Labute approximate surface area is 129 Å². The number of esters is 2. The van der Waals surface area contributed by atoms with Crippen molar-refractivity contribution in [2.75, 3.05) is 13.2 Å². The van der Waals surface area contributed by atoms with Gasteiger partial charge in [0.25, 0.3) is 0 Å². The number of aryl methyl sites for hydroxylation is 1. The number of hydrogen-bond donors (Lipinski definition) is 0. The quantitative estimate of drug-likeness (QED) is 0.622. The van der Waals surface area contributed by atoms with Crippen LogP contribution in [0.4, 0.5) is 0 Å². The predicted molar refractivity (Wildman–Crippen MR) is 79.4 cm³/mol. The lowest BCUT2D eigenvalue weighted by Gasteiger charge is -2.35. The SMILES string of the molecule is CCc1ccc2c(c1)C1COCC1CC2C1CC(=O)OC1=O. The number of fused-ring (bicyclic) bond motifs is 3. The Kier molecular flexibility index (Phi) is 3.30. The van der Waals surface area contributed by atoms with Crippen LogP contribution in [0, 0.1) is 11.8 Å². The lowest BCUT2D eigenvalue weighted by molar-refractivity contribution is -0.153. The highest BCUT2D eigenvalue weighted by Crippen LogP contribution is 2.50. The molecule has 4 rings (SSSR count). The van der Waals surface area contributed by atoms with E-state index in [1.165, 1.54) is 16.7 Å². The fourth-order valence-electron chi connectivity index (χ4n) is 4.31. The van der Waals surface area contributed by atoms with E-state index in [4.69, 9.17) is 9.47 Å². The summed E-state index contributed by atoms with van der Waals surface area (Å²) in [7, 11) is 0. The molecule has 0 spiro atoms. The molecule has 2 saturated heterocycles. The van der Waals surface area contributed by atoms with E-state index in [-0.39, 0.29) is 30.2 Å². The van der Waals surface area contributed by atoms with Gasteiger partial charge in [0.2, 0.25) is 0 Å². The number of ether oxygens (including phenoxy) is 2. The molecular formula is C18H20O4. The Balaban J connectivity index is 1.77. The van der Waals surface area contributed by atoms with E-state index in [0.29, 0.717) is 11.8 Å².